The van der Waals surface area contributed by atoms with Crippen LogP contribution in [0, 0.1) is 17.8 Å². The SMILES string of the molecule is CC(C)CNC(=O)c1cc(NC(=O)C2CCCCC2)ccc1N1CCC(Cc2ccccc2)CC1. The van der Waals surface area contributed by atoms with Crippen LogP contribution in [0.4, 0.5) is 11.4 Å². The minimum absolute atomic E-state index is 0.0612. The summed E-state index contributed by atoms with van der Waals surface area (Å²) in [5, 5.41) is 6.18. The number of carbonyl (C=O) groups is 2. The van der Waals surface area contributed by atoms with Crippen molar-refractivity contribution in [3.8, 4) is 0 Å². The van der Waals surface area contributed by atoms with E-state index in [9.17, 15) is 9.59 Å². The molecule has 0 aromatic heterocycles. The molecule has 2 N–H and O–H groups in total. The van der Waals surface area contributed by atoms with Gasteiger partial charge in [-0.1, -0.05) is 63.4 Å². The lowest BCUT2D eigenvalue weighted by atomic mass is 9.88. The number of carbonyl (C=O) groups excluding carboxylic acids is 2. The highest BCUT2D eigenvalue weighted by Crippen LogP contribution is 2.31. The first kappa shape index (κ1) is 25.3. The van der Waals surface area contributed by atoms with Crippen LogP contribution in [0.5, 0.6) is 0 Å². The van der Waals surface area contributed by atoms with Crippen LogP contribution in [0.3, 0.4) is 0 Å². The number of piperidine rings is 1. The van der Waals surface area contributed by atoms with Gasteiger partial charge in [-0.2, -0.15) is 0 Å². The predicted molar refractivity (Wildman–Crippen MR) is 144 cm³/mol. The maximum absolute atomic E-state index is 13.2. The Balaban J connectivity index is 1.46. The smallest absolute Gasteiger partial charge is 0.253 e. The van der Waals surface area contributed by atoms with Gasteiger partial charge in [0.15, 0.2) is 0 Å². The number of benzene rings is 2. The van der Waals surface area contributed by atoms with Crippen molar-refractivity contribution < 1.29 is 9.59 Å². The molecule has 2 aliphatic rings. The Kier molecular flexibility index (Phi) is 8.84. The molecule has 1 saturated heterocycles. The van der Waals surface area contributed by atoms with Crippen molar-refractivity contribution in [1.82, 2.24) is 5.32 Å². The Morgan fingerprint density at radius 1 is 0.943 bits per heavy atom. The highest BCUT2D eigenvalue weighted by Gasteiger charge is 2.25. The molecule has 1 heterocycles. The minimum Gasteiger partial charge on any atom is -0.371 e. The average Bonchev–Trinajstić information content (AvgIpc) is 2.89. The van der Waals surface area contributed by atoms with Gasteiger partial charge in [0.05, 0.1) is 5.56 Å². The van der Waals surface area contributed by atoms with Gasteiger partial charge >= 0.3 is 0 Å². The van der Waals surface area contributed by atoms with Crippen LogP contribution in [0.15, 0.2) is 48.5 Å². The first-order chi connectivity index (χ1) is 17.0. The summed E-state index contributed by atoms with van der Waals surface area (Å²) in [7, 11) is 0. The number of anilines is 2. The van der Waals surface area contributed by atoms with Crippen LogP contribution >= 0.6 is 0 Å². The molecule has 5 nitrogen and oxygen atoms in total. The van der Waals surface area contributed by atoms with Gasteiger partial charge in [-0.05, 0) is 67.7 Å². The third-order valence-corrected chi connectivity index (χ3v) is 7.48. The van der Waals surface area contributed by atoms with E-state index in [1.54, 1.807) is 0 Å². The Hall–Kier alpha value is -2.82. The van der Waals surface area contributed by atoms with Crippen LogP contribution in [-0.4, -0.2) is 31.4 Å². The fraction of sp³-hybridized carbons (Fsp3) is 0.533. The van der Waals surface area contributed by atoms with Crippen LogP contribution < -0.4 is 15.5 Å². The summed E-state index contributed by atoms with van der Waals surface area (Å²) in [6.45, 7) is 6.71. The molecule has 2 aromatic carbocycles. The van der Waals surface area contributed by atoms with Crippen molar-refractivity contribution in [3.63, 3.8) is 0 Å². The quantitative estimate of drug-likeness (QED) is 0.488. The predicted octanol–water partition coefficient (Wildman–Crippen LogP) is 6.05. The molecule has 0 unspecified atom stereocenters. The lowest BCUT2D eigenvalue weighted by molar-refractivity contribution is -0.120. The summed E-state index contributed by atoms with van der Waals surface area (Å²) in [6.07, 6.45) is 8.74. The Morgan fingerprint density at radius 2 is 1.66 bits per heavy atom. The molecule has 0 bridgehead atoms. The molecule has 35 heavy (non-hydrogen) atoms. The van der Waals surface area contributed by atoms with Gasteiger partial charge in [-0.15, -0.1) is 0 Å². The maximum Gasteiger partial charge on any atom is 0.253 e. The van der Waals surface area contributed by atoms with E-state index in [0.717, 1.165) is 69.4 Å². The Labute approximate surface area is 210 Å². The van der Waals surface area contributed by atoms with Gasteiger partial charge < -0.3 is 15.5 Å². The van der Waals surface area contributed by atoms with Crippen LogP contribution in [0.25, 0.3) is 0 Å². The van der Waals surface area contributed by atoms with E-state index in [4.69, 9.17) is 0 Å². The Morgan fingerprint density at radius 3 is 2.34 bits per heavy atom. The summed E-state index contributed by atoms with van der Waals surface area (Å²) in [5.41, 5.74) is 3.75. The Bertz CT molecular complexity index is 974. The first-order valence-corrected chi connectivity index (χ1v) is 13.5. The number of rotatable bonds is 8. The molecule has 1 aliphatic carbocycles. The van der Waals surface area contributed by atoms with Gasteiger partial charge in [-0.3, -0.25) is 9.59 Å². The van der Waals surface area contributed by atoms with Gasteiger partial charge in [0.1, 0.15) is 0 Å². The van der Waals surface area contributed by atoms with E-state index < -0.39 is 0 Å². The van der Waals surface area contributed by atoms with Crippen molar-refractivity contribution in [3.05, 3.63) is 59.7 Å². The topological polar surface area (TPSA) is 61.4 Å². The van der Waals surface area contributed by atoms with Crippen molar-refractivity contribution in [2.45, 2.75) is 65.2 Å². The third-order valence-electron chi connectivity index (χ3n) is 7.48. The number of nitrogens with zero attached hydrogens (tertiary/aromatic N) is 1. The third kappa shape index (κ3) is 7.09. The van der Waals surface area contributed by atoms with Gasteiger partial charge in [0.25, 0.3) is 5.91 Å². The largest absolute Gasteiger partial charge is 0.371 e. The molecule has 2 aromatic rings. The standard InChI is InChI=1S/C30H41N3O2/c1-22(2)21-31-30(35)27-20-26(32-29(34)25-11-7-4-8-12-25)13-14-28(27)33-17-15-24(16-18-33)19-23-9-5-3-6-10-23/h3,5-6,9-10,13-14,20,22,24-25H,4,7-8,11-12,15-19,21H2,1-2H3,(H,31,35)(H,32,34). The highest BCUT2D eigenvalue weighted by molar-refractivity contribution is 6.02. The average molecular weight is 476 g/mol. The van der Waals surface area contributed by atoms with Crippen molar-refractivity contribution >= 4 is 23.2 Å². The number of hydrogen-bond acceptors (Lipinski definition) is 3. The summed E-state index contributed by atoms with van der Waals surface area (Å²) >= 11 is 0. The normalized spacial score (nSPS) is 17.4. The highest BCUT2D eigenvalue weighted by atomic mass is 16.2. The molecular formula is C30H41N3O2. The zero-order valence-electron chi connectivity index (χ0n) is 21.4. The lowest BCUT2D eigenvalue weighted by Crippen LogP contribution is -2.36. The van der Waals surface area contributed by atoms with E-state index in [0.29, 0.717) is 23.9 Å². The monoisotopic (exact) mass is 475 g/mol. The molecule has 0 radical (unpaired) electrons. The lowest BCUT2D eigenvalue weighted by Gasteiger charge is -2.35. The second-order valence-corrected chi connectivity index (χ2v) is 10.8. The van der Waals surface area contributed by atoms with E-state index in [2.05, 4.69) is 59.7 Å². The van der Waals surface area contributed by atoms with Crippen molar-refractivity contribution in [1.29, 1.82) is 0 Å². The first-order valence-electron chi connectivity index (χ1n) is 13.5. The fourth-order valence-electron chi connectivity index (χ4n) is 5.40. The summed E-state index contributed by atoms with van der Waals surface area (Å²) in [6, 6.07) is 16.6. The fourth-order valence-corrected chi connectivity index (χ4v) is 5.40. The zero-order chi connectivity index (χ0) is 24.6. The molecule has 0 spiro atoms. The molecule has 0 atom stereocenters. The summed E-state index contributed by atoms with van der Waals surface area (Å²) in [5.74, 6) is 1.16. The molecule has 5 heteroatoms. The zero-order valence-corrected chi connectivity index (χ0v) is 21.4. The maximum atomic E-state index is 13.2. The molecule has 4 rings (SSSR count). The second kappa shape index (κ2) is 12.2. The minimum atomic E-state index is -0.0612. The van der Waals surface area contributed by atoms with Crippen LogP contribution in [0.2, 0.25) is 0 Å². The number of hydrogen-bond donors (Lipinski definition) is 2. The van der Waals surface area contributed by atoms with E-state index in [-0.39, 0.29) is 17.7 Å². The van der Waals surface area contributed by atoms with Crippen LogP contribution in [-0.2, 0) is 11.2 Å². The molecular weight excluding hydrogens is 434 g/mol. The molecule has 2 amide bonds. The van der Waals surface area contributed by atoms with Crippen molar-refractivity contribution in [2.24, 2.45) is 17.8 Å². The van der Waals surface area contributed by atoms with Gasteiger partial charge in [-0.25, -0.2) is 0 Å². The van der Waals surface area contributed by atoms with Gasteiger partial charge in [0.2, 0.25) is 5.91 Å². The van der Waals surface area contributed by atoms with E-state index in [1.807, 2.05) is 18.2 Å². The van der Waals surface area contributed by atoms with Crippen molar-refractivity contribution in [2.75, 3.05) is 29.9 Å². The van der Waals surface area contributed by atoms with E-state index >= 15 is 0 Å². The summed E-state index contributed by atoms with van der Waals surface area (Å²) < 4.78 is 0. The van der Waals surface area contributed by atoms with Crippen LogP contribution in [0.1, 0.15) is 74.7 Å². The molecule has 1 saturated carbocycles. The molecule has 1 aliphatic heterocycles. The molecule has 2 fully saturated rings. The molecule has 188 valence electrons. The van der Waals surface area contributed by atoms with Gasteiger partial charge in [0, 0.05) is 36.9 Å². The number of amides is 2. The summed E-state index contributed by atoms with van der Waals surface area (Å²) in [4.78, 5) is 28.4. The van der Waals surface area contributed by atoms with E-state index in [1.165, 1.54) is 12.0 Å². The number of nitrogens with one attached hydrogen (secondary N) is 2. The second-order valence-electron chi connectivity index (χ2n) is 10.8.